The van der Waals surface area contributed by atoms with Crippen molar-refractivity contribution >= 4 is 29.5 Å². The summed E-state index contributed by atoms with van der Waals surface area (Å²) >= 11 is 5.82. The van der Waals surface area contributed by atoms with Gasteiger partial charge in [0.15, 0.2) is 5.69 Å². The lowest BCUT2D eigenvalue weighted by Gasteiger charge is -2.33. The van der Waals surface area contributed by atoms with E-state index in [2.05, 4.69) is 9.97 Å². The van der Waals surface area contributed by atoms with Crippen LogP contribution in [0.4, 0.5) is 22.4 Å². The number of likely N-dealkylation sites (tertiary alicyclic amines) is 2. The van der Waals surface area contributed by atoms with Crippen molar-refractivity contribution in [2.24, 2.45) is 5.92 Å². The van der Waals surface area contributed by atoms with Crippen molar-refractivity contribution in [2.75, 3.05) is 32.7 Å². The van der Waals surface area contributed by atoms with Crippen LogP contribution in [-0.2, 0) is 11.0 Å². The first kappa shape index (κ1) is 28.5. The average molecular weight is 572 g/mol. The second kappa shape index (κ2) is 11.3. The van der Waals surface area contributed by atoms with E-state index in [0.29, 0.717) is 24.6 Å². The van der Waals surface area contributed by atoms with Gasteiger partial charge >= 0.3 is 12.3 Å². The van der Waals surface area contributed by atoms with Gasteiger partial charge in [-0.05, 0) is 37.5 Å². The number of alkyl halides is 3. The highest BCUT2D eigenvalue weighted by atomic mass is 35.5. The molecule has 14 heteroatoms. The van der Waals surface area contributed by atoms with E-state index >= 15 is 0 Å². The molecule has 2 aliphatic heterocycles. The number of carbonyl (C=O) groups excluding carboxylic acids is 2. The molecule has 1 aromatic carbocycles. The number of aromatic nitrogens is 2. The molecule has 39 heavy (non-hydrogen) atoms. The first-order chi connectivity index (χ1) is 18.4. The summed E-state index contributed by atoms with van der Waals surface area (Å²) in [5.41, 5.74) is -0.882. The summed E-state index contributed by atoms with van der Waals surface area (Å²) in [6.07, 6.45) is -3.88. The zero-order chi connectivity index (χ0) is 28.5. The normalized spacial score (nSPS) is 20.3. The van der Waals surface area contributed by atoms with Crippen molar-refractivity contribution in [2.45, 2.75) is 37.9 Å². The molecule has 1 aromatic heterocycles. The highest BCUT2D eigenvalue weighted by molar-refractivity contribution is 6.30. The lowest BCUT2D eigenvalue weighted by Crippen LogP contribution is -2.46. The number of likely N-dealkylation sites (N-methyl/N-ethyl adjacent to an activating group) is 1. The molecule has 3 heterocycles. The molecule has 9 nitrogen and oxygen atoms in total. The molecule has 2 aliphatic rings. The Kier molecular flexibility index (Phi) is 8.28. The summed E-state index contributed by atoms with van der Waals surface area (Å²) in [6.45, 7) is 2.57. The third kappa shape index (κ3) is 6.07. The number of rotatable bonds is 5. The quantitative estimate of drug-likeness (QED) is 0.541. The summed E-state index contributed by atoms with van der Waals surface area (Å²) in [7, 11) is 0. The fourth-order valence-electron chi connectivity index (χ4n) is 5.20. The van der Waals surface area contributed by atoms with E-state index in [1.54, 1.807) is 17.9 Å². The van der Waals surface area contributed by atoms with Crippen LogP contribution in [0.15, 0.2) is 30.6 Å². The van der Waals surface area contributed by atoms with Crippen molar-refractivity contribution in [1.29, 1.82) is 0 Å². The summed E-state index contributed by atoms with van der Waals surface area (Å²) in [5.74, 6) is -2.30. The molecule has 2 fully saturated rings. The Hall–Kier alpha value is -3.48. The number of piperidine rings is 1. The molecule has 0 bridgehead atoms. The molecule has 0 saturated carbocycles. The van der Waals surface area contributed by atoms with Gasteiger partial charge in [-0.3, -0.25) is 9.59 Å². The lowest BCUT2D eigenvalue weighted by atomic mass is 9.93. The minimum absolute atomic E-state index is 0.0598. The van der Waals surface area contributed by atoms with Crippen molar-refractivity contribution < 1.29 is 37.1 Å². The summed E-state index contributed by atoms with van der Waals surface area (Å²) in [6, 6.07) is 3.70. The van der Waals surface area contributed by atoms with Crippen LogP contribution in [0.2, 0.25) is 5.02 Å². The van der Waals surface area contributed by atoms with Gasteiger partial charge in [0.25, 0.3) is 5.91 Å². The SMILES string of the molecule is CCN(C(=O)O)[C@@H]1CN(C(=O)C2CCN(C(=O)c3cnc(C(F)(F)F)cn3)CC2)C[C@H]1c1ccc(Cl)c(F)c1. The third-order valence-corrected chi connectivity index (χ3v) is 7.56. The lowest BCUT2D eigenvalue weighted by molar-refractivity contribution is -0.141. The molecule has 2 saturated heterocycles. The monoisotopic (exact) mass is 571 g/mol. The Morgan fingerprint density at radius 2 is 1.79 bits per heavy atom. The van der Waals surface area contributed by atoms with E-state index in [1.807, 2.05) is 0 Å². The van der Waals surface area contributed by atoms with Crippen LogP contribution in [0, 0.1) is 11.7 Å². The summed E-state index contributed by atoms with van der Waals surface area (Å²) in [5, 5.41) is 9.67. The Bertz CT molecular complexity index is 1240. The van der Waals surface area contributed by atoms with E-state index in [-0.39, 0.29) is 49.3 Å². The number of carbonyl (C=O) groups is 3. The number of halogens is 5. The van der Waals surface area contributed by atoms with Gasteiger partial charge in [0.05, 0.1) is 23.5 Å². The second-order valence-electron chi connectivity index (χ2n) is 9.51. The fraction of sp³-hybridized carbons (Fsp3) is 0.480. The Balaban J connectivity index is 1.43. The third-order valence-electron chi connectivity index (χ3n) is 7.25. The van der Waals surface area contributed by atoms with E-state index in [9.17, 15) is 37.1 Å². The maximum absolute atomic E-state index is 14.2. The Morgan fingerprint density at radius 3 is 2.33 bits per heavy atom. The molecule has 0 spiro atoms. The minimum atomic E-state index is -4.67. The van der Waals surface area contributed by atoms with Crippen LogP contribution < -0.4 is 0 Å². The number of hydrogen-bond donors (Lipinski definition) is 1. The number of hydrogen-bond acceptors (Lipinski definition) is 5. The van der Waals surface area contributed by atoms with Crippen molar-refractivity contribution in [3.8, 4) is 0 Å². The van der Waals surface area contributed by atoms with Crippen molar-refractivity contribution in [3.63, 3.8) is 0 Å². The first-order valence-corrected chi connectivity index (χ1v) is 12.7. The average Bonchev–Trinajstić information content (AvgIpc) is 3.34. The van der Waals surface area contributed by atoms with Crippen molar-refractivity contribution in [1.82, 2.24) is 24.7 Å². The number of nitrogens with zero attached hydrogens (tertiary/aromatic N) is 5. The van der Waals surface area contributed by atoms with Gasteiger partial charge in [-0.1, -0.05) is 17.7 Å². The van der Waals surface area contributed by atoms with E-state index in [4.69, 9.17) is 11.6 Å². The molecule has 210 valence electrons. The van der Waals surface area contributed by atoms with E-state index in [1.165, 1.54) is 21.9 Å². The molecule has 0 radical (unpaired) electrons. The molecular formula is C25H26ClF4N5O4. The predicted molar refractivity (Wildman–Crippen MR) is 131 cm³/mol. The van der Waals surface area contributed by atoms with Gasteiger partial charge < -0.3 is 19.8 Å². The molecule has 2 aromatic rings. The Morgan fingerprint density at radius 1 is 1.10 bits per heavy atom. The van der Waals surface area contributed by atoms with E-state index in [0.717, 1.165) is 6.20 Å². The maximum Gasteiger partial charge on any atom is 0.434 e. The van der Waals surface area contributed by atoms with Gasteiger partial charge in [0, 0.05) is 44.6 Å². The standard InChI is InChI=1S/C25H26ClF4N5O4/c1-2-35(24(38)39)20-13-34(12-16(20)15-3-4-17(26)18(27)9-15)22(36)14-5-7-33(8-6-14)23(37)19-10-32-21(11-31-19)25(28,29)30/h3-4,9-11,14,16,20H,2,5-8,12-13H2,1H3,(H,38,39)/t16-,20+/m0/s1. The molecule has 4 rings (SSSR count). The van der Waals surface area contributed by atoms with Crippen LogP contribution in [0.1, 0.15) is 47.4 Å². The van der Waals surface area contributed by atoms with Crippen LogP contribution in [-0.4, -0.2) is 86.4 Å². The number of carboxylic acid groups (broad SMARTS) is 1. The van der Waals surface area contributed by atoms with Crippen LogP contribution in [0.3, 0.4) is 0 Å². The number of amides is 3. The number of benzene rings is 1. The maximum atomic E-state index is 14.2. The highest BCUT2D eigenvalue weighted by Crippen LogP contribution is 2.35. The second-order valence-corrected chi connectivity index (χ2v) is 9.92. The first-order valence-electron chi connectivity index (χ1n) is 12.3. The fourth-order valence-corrected chi connectivity index (χ4v) is 5.32. The van der Waals surface area contributed by atoms with Crippen molar-refractivity contribution in [3.05, 3.63) is 58.4 Å². The van der Waals surface area contributed by atoms with Gasteiger partial charge in [0.2, 0.25) is 5.91 Å². The topological polar surface area (TPSA) is 107 Å². The molecule has 1 N–H and O–H groups in total. The van der Waals surface area contributed by atoms with Gasteiger partial charge in [-0.25, -0.2) is 19.2 Å². The van der Waals surface area contributed by atoms with Crippen LogP contribution in [0.5, 0.6) is 0 Å². The largest absolute Gasteiger partial charge is 0.465 e. The minimum Gasteiger partial charge on any atom is -0.465 e. The molecule has 2 atom stereocenters. The molecule has 0 aliphatic carbocycles. The van der Waals surface area contributed by atoms with Gasteiger partial charge in [-0.2, -0.15) is 13.2 Å². The highest BCUT2D eigenvalue weighted by Gasteiger charge is 2.43. The zero-order valence-electron chi connectivity index (χ0n) is 20.9. The van der Waals surface area contributed by atoms with Crippen LogP contribution in [0.25, 0.3) is 0 Å². The smallest absolute Gasteiger partial charge is 0.434 e. The van der Waals surface area contributed by atoms with Gasteiger partial charge in [-0.15, -0.1) is 0 Å². The summed E-state index contributed by atoms with van der Waals surface area (Å²) < 4.78 is 52.4. The molecule has 0 unspecified atom stereocenters. The van der Waals surface area contributed by atoms with Crippen LogP contribution >= 0.6 is 11.6 Å². The zero-order valence-corrected chi connectivity index (χ0v) is 21.6. The molecule has 3 amide bonds. The van der Waals surface area contributed by atoms with Gasteiger partial charge in [0.1, 0.15) is 11.5 Å². The predicted octanol–water partition coefficient (Wildman–Crippen LogP) is 4.13. The van der Waals surface area contributed by atoms with E-state index < -0.39 is 47.6 Å². The summed E-state index contributed by atoms with van der Waals surface area (Å²) in [4.78, 5) is 49.1. The molecular weight excluding hydrogens is 546 g/mol. The Labute approximate surface area is 226 Å².